The van der Waals surface area contributed by atoms with E-state index in [9.17, 15) is 18.0 Å². The quantitative estimate of drug-likeness (QED) is 0.703. The lowest BCUT2D eigenvalue weighted by molar-refractivity contribution is -0.192. The molecule has 2 aromatic rings. The van der Waals surface area contributed by atoms with Crippen molar-refractivity contribution in [1.82, 2.24) is 0 Å². The molecule has 0 atom stereocenters. The first-order chi connectivity index (χ1) is 9.62. The van der Waals surface area contributed by atoms with Crippen molar-refractivity contribution in [2.24, 2.45) is 0 Å². The van der Waals surface area contributed by atoms with Gasteiger partial charge in [0.25, 0.3) is 0 Å². The van der Waals surface area contributed by atoms with Crippen LogP contribution in [-0.2, 0) is 4.79 Å². The van der Waals surface area contributed by atoms with Gasteiger partial charge in [-0.15, -0.1) is 0 Å². The molecule has 8 heteroatoms. The summed E-state index contributed by atoms with van der Waals surface area (Å²) in [5.41, 5.74) is 6.32. The molecule has 0 saturated heterocycles. The van der Waals surface area contributed by atoms with E-state index in [-0.39, 0.29) is 5.56 Å². The first kappa shape index (κ1) is 16.3. The van der Waals surface area contributed by atoms with Gasteiger partial charge in [0.15, 0.2) is 0 Å². The molecule has 0 fully saturated rings. The SMILES string of the molecule is Nc1cc(C(=O)O)c2ccccc2c1.O=C(O)C(F)(F)F. The van der Waals surface area contributed by atoms with Crippen molar-refractivity contribution in [3.8, 4) is 0 Å². The van der Waals surface area contributed by atoms with Crippen molar-refractivity contribution in [2.75, 3.05) is 5.73 Å². The van der Waals surface area contributed by atoms with E-state index in [1.807, 2.05) is 18.2 Å². The molecule has 0 aliphatic heterocycles. The van der Waals surface area contributed by atoms with Gasteiger partial charge in [0.05, 0.1) is 5.56 Å². The Kier molecular flexibility index (Phi) is 4.75. The third-order valence-corrected chi connectivity index (χ3v) is 2.36. The first-order valence-corrected chi connectivity index (χ1v) is 5.44. The van der Waals surface area contributed by atoms with Crippen molar-refractivity contribution < 1.29 is 33.0 Å². The van der Waals surface area contributed by atoms with Gasteiger partial charge < -0.3 is 15.9 Å². The fourth-order valence-electron chi connectivity index (χ4n) is 1.51. The van der Waals surface area contributed by atoms with Crippen LogP contribution in [0, 0.1) is 0 Å². The molecule has 0 aliphatic carbocycles. The maximum Gasteiger partial charge on any atom is 0.490 e. The number of halogens is 3. The highest BCUT2D eigenvalue weighted by Crippen LogP contribution is 2.22. The number of nitrogen functional groups attached to an aromatic ring is 1. The molecule has 0 heterocycles. The van der Waals surface area contributed by atoms with E-state index in [1.165, 1.54) is 6.07 Å². The number of aliphatic carboxylic acids is 1. The molecule has 0 aromatic heterocycles. The summed E-state index contributed by atoms with van der Waals surface area (Å²) in [4.78, 5) is 19.8. The Morgan fingerprint density at radius 1 is 1.05 bits per heavy atom. The minimum Gasteiger partial charge on any atom is -0.478 e. The lowest BCUT2D eigenvalue weighted by Gasteiger charge is -2.03. The molecule has 0 radical (unpaired) electrons. The van der Waals surface area contributed by atoms with Crippen molar-refractivity contribution in [2.45, 2.75) is 6.18 Å². The zero-order valence-corrected chi connectivity index (χ0v) is 10.4. The van der Waals surface area contributed by atoms with Gasteiger partial charge in [0.2, 0.25) is 0 Å². The van der Waals surface area contributed by atoms with Crippen molar-refractivity contribution in [3.05, 3.63) is 42.0 Å². The van der Waals surface area contributed by atoms with E-state index in [0.717, 1.165) is 5.39 Å². The van der Waals surface area contributed by atoms with Crippen molar-refractivity contribution in [3.63, 3.8) is 0 Å². The van der Waals surface area contributed by atoms with E-state index in [1.54, 1.807) is 12.1 Å². The topological polar surface area (TPSA) is 101 Å². The Morgan fingerprint density at radius 2 is 1.57 bits per heavy atom. The minimum absolute atomic E-state index is 0.251. The number of rotatable bonds is 1. The molecule has 2 rings (SSSR count). The highest BCUT2D eigenvalue weighted by molar-refractivity contribution is 6.05. The minimum atomic E-state index is -5.08. The summed E-state index contributed by atoms with van der Waals surface area (Å²) >= 11 is 0. The summed E-state index contributed by atoms with van der Waals surface area (Å²) in [7, 11) is 0. The summed E-state index contributed by atoms with van der Waals surface area (Å²) in [6.45, 7) is 0. The molecule has 4 N–H and O–H groups in total. The second kappa shape index (κ2) is 6.12. The maximum atomic E-state index is 10.9. The van der Waals surface area contributed by atoms with E-state index < -0.39 is 18.1 Å². The van der Waals surface area contributed by atoms with Crippen LogP contribution in [0.4, 0.5) is 18.9 Å². The van der Waals surface area contributed by atoms with Crippen LogP contribution in [-0.4, -0.2) is 28.3 Å². The van der Waals surface area contributed by atoms with Gasteiger partial charge in [0, 0.05) is 5.69 Å². The van der Waals surface area contributed by atoms with Gasteiger partial charge in [-0.05, 0) is 22.9 Å². The molecule has 0 saturated carbocycles. The molecular formula is C13H10F3NO4. The Balaban J connectivity index is 0.000000270. The summed E-state index contributed by atoms with van der Waals surface area (Å²) in [6.07, 6.45) is -5.08. The predicted octanol–water partition coefficient (Wildman–Crippen LogP) is 2.75. The number of anilines is 1. The molecule has 0 aliphatic rings. The molecule has 0 unspecified atom stereocenters. The number of fused-ring (bicyclic) bond motifs is 1. The van der Waals surface area contributed by atoms with Crippen LogP contribution >= 0.6 is 0 Å². The van der Waals surface area contributed by atoms with E-state index in [4.69, 9.17) is 20.7 Å². The van der Waals surface area contributed by atoms with Crippen LogP contribution in [0.5, 0.6) is 0 Å². The van der Waals surface area contributed by atoms with Gasteiger partial charge in [-0.2, -0.15) is 13.2 Å². The van der Waals surface area contributed by atoms with Crippen LogP contribution in [0.3, 0.4) is 0 Å². The van der Waals surface area contributed by atoms with E-state index in [0.29, 0.717) is 11.1 Å². The fourth-order valence-corrected chi connectivity index (χ4v) is 1.51. The third-order valence-electron chi connectivity index (χ3n) is 2.36. The second-order valence-corrected chi connectivity index (χ2v) is 3.90. The molecule has 2 aromatic carbocycles. The van der Waals surface area contributed by atoms with Crippen LogP contribution in [0.15, 0.2) is 36.4 Å². The summed E-state index contributed by atoms with van der Waals surface area (Å²) in [5, 5.41) is 17.6. The number of nitrogens with two attached hydrogens (primary N) is 1. The van der Waals surface area contributed by atoms with Crippen molar-refractivity contribution in [1.29, 1.82) is 0 Å². The van der Waals surface area contributed by atoms with Crippen LogP contribution < -0.4 is 5.73 Å². The van der Waals surface area contributed by atoms with Gasteiger partial charge in [-0.25, -0.2) is 9.59 Å². The molecule has 112 valence electrons. The smallest absolute Gasteiger partial charge is 0.478 e. The highest BCUT2D eigenvalue weighted by atomic mass is 19.4. The van der Waals surface area contributed by atoms with Gasteiger partial charge >= 0.3 is 18.1 Å². The third kappa shape index (κ3) is 4.37. The summed E-state index contributed by atoms with van der Waals surface area (Å²) < 4.78 is 31.7. The summed E-state index contributed by atoms with van der Waals surface area (Å²) in [6, 6.07) is 10.5. The molecule has 5 nitrogen and oxygen atoms in total. The lowest BCUT2D eigenvalue weighted by Crippen LogP contribution is -2.21. The average Bonchev–Trinajstić information content (AvgIpc) is 2.37. The van der Waals surface area contributed by atoms with Crippen molar-refractivity contribution >= 4 is 28.4 Å². The number of hydrogen-bond donors (Lipinski definition) is 3. The number of benzene rings is 2. The predicted molar refractivity (Wildman–Crippen MR) is 69.0 cm³/mol. The Morgan fingerprint density at radius 3 is 2.05 bits per heavy atom. The molecule has 0 bridgehead atoms. The standard InChI is InChI=1S/C11H9NO2.C2HF3O2/c12-8-5-7-3-1-2-4-9(7)10(6-8)11(13)14;3-2(4,5)1(6)7/h1-6H,12H2,(H,13,14);(H,6,7). The average molecular weight is 301 g/mol. The molecule has 0 spiro atoms. The number of alkyl halides is 3. The number of aromatic carboxylic acids is 1. The molecular weight excluding hydrogens is 291 g/mol. The first-order valence-electron chi connectivity index (χ1n) is 5.44. The lowest BCUT2D eigenvalue weighted by atomic mass is 10.0. The largest absolute Gasteiger partial charge is 0.490 e. The van der Waals surface area contributed by atoms with E-state index in [2.05, 4.69) is 0 Å². The monoisotopic (exact) mass is 301 g/mol. The van der Waals surface area contributed by atoms with E-state index >= 15 is 0 Å². The van der Waals surface area contributed by atoms with Gasteiger partial charge in [-0.1, -0.05) is 24.3 Å². The van der Waals surface area contributed by atoms with Gasteiger partial charge in [0.1, 0.15) is 0 Å². The van der Waals surface area contributed by atoms with Crippen LogP contribution in [0.25, 0.3) is 10.8 Å². The Bertz CT molecular complexity index is 683. The Hall–Kier alpha value is -2.77. The van der Waals surface area contributed by atoms with Crippen LogP contribution in [0.1, 0.15) is 10.4 Å². The zero-order valence-electron chi connectivity index (χ0n) is 10.4. The number of carboxylic acids is 2. The second-order valence-electron chi connectivity index (χ2n) is 3.90. The number of carbonyl (C=O) groups is 2. The fraction of sp³-hybridized carbons (Fsp3) is 0.0769. The highest BCUT2D eigenvalue weighted by Gasteiger charge is 2.38. The zero-order chi connectivity index (χ0) is 16.2. The summed E-state index contributed by atoms with van der Waals surface area (Å²) in [5.74, 6) is -3.71. The molecule has 0 amide bonds. The van der Waals surface area contributed by atoms with Gasteiger partial charge in [-0.3, -0.25) is 0 Å². The van der Waals surface area contributed by atoms with Crippen LogP contribution in [0.2, 0.25) is 0 Å². The Labute approximate surface area is 116 Å². The number of carboxylic acid groups (broad SMARTS) is 2. The number of hydrogen-bond acceptors (Lipinski definition) is 3. The maximum absolute atomic E-state index is 10.9. The molecule has 21 heavy (non-hydrogen) atoms. The normalized spacial score (nSPS) is 10.6.